The maximum Gasteiger partial charge on any atom is 0.254 e. The molecule has 1 aliphatic heterocycles. The van der Waals surface area contributed by atoms with Crippen molar-refractivity contribution in [2.75, 3.05) is 20.3 Å². The fraction of sp³-hybridized carbons (Fsp3) is 0.231. The Bertz CT molecular complexity index is 1310. The average molecular weight is 444 g/mol. The number of benzene rings is 2. The lowest BCUT2D eigenvalue weighted by Gasteiger charge is -2.21. The number of rotatable bonds is 6. The third-order valence-electron chi connectivity index (χ3n) is 5.49. The van der Waals surface area contributed by atoms with Crippen molar-refractivity contribution in [2.45, 2.75) is 20.1 Å². The summed E-state index contributed by atoms with van der Waals surface area (Å²) < 4.78 is 19.1. The van der Waals surface area contributed by atoms with Crippen LogP contribution in [0.25, 0.3) is 5.65 Å². The van der Waals surface area contributed by atoms with E-state index in [4.69, 9.17) is 14.2 Å². The highest BCUT2D eigenvalue weighted by atomic mass is 16.6. The minimum atomic E-state index is -0.0847. The quantitative estimate of drug-likeness (QED) is 0.445. The Kier molecular flexibility index (Phi) is 5.60. The number of aryl methyl sites for hydroxylation is 1. The zero-order chi connectivity index (χ0) is 22.8. The molecule has 0 spiro atoms. The Morgan fingerprint density at radius 3 is 2.79 bits per heavy atom. The molecule has 0 N–H and O–H groups in total. The second-order valence-corrected chi connectivity index (χ2v) is 8.16. The molecule has 1 amide bonds. The van der Waals surface area contributed by atoms with Gasteiger partial charge in [0.2, 0.25) is 0 Å². The number of carbonyl (C=O) groups is 1. The third kappa shape index (κ3) is 4.62. The summed E-state index contributed by atoms with van der Waals surface area (Å²) in [5, 5.41) is 0. The van der Waals surface area contributed by atoms with Crippen LogP contribution in [0.3, 0.4) is 0 Å². The van der Waals surface area contributed by atoms with Crippen LogP contribution < -0.4 is 14.2 Å². The summed E-state index contributed by atoms with van der Waals surface area (Å²) >= 11 is 0. The van der Waals surface area contributed by atoms with Crippen LogP contribution in [0.2, 0.25) is 0 Å². The van der Waals surface area contributed by atoms with E-state index < -0.39 is 0 Å². The molecule has 33 heavy (non-hydrogen) atoms. The fourth-order valence-electron chi connectivity index (χ4n) is 3.85. The summed E-state index contributed by atoms with van der Waals surface area (Å²) in [5.41, 5.74) is 4.42. The summed E-state index contributed by atoms with van der Waals surface area (Å²) in [6.45, 7) is 3.92. The highest BCUT2D eigenvalue weighted by Gasteiger charge is 2.16. The van der Waals surface area contributed by atoms with E-state index in [1.165, 1.54) is 5.56 Å². The Balaban J connectivity index is 1.24. The van der Waals surface area contributed by atoms with E-state index in [9.17, 15) is 4.79 Å². The minimum Gasteiger partial charge on any atom is -0.487 e. The Labute approximate surface area is 192 Å². The lowest BCUT2D eigenvalue weighted by molar-refractivity contribution is 0.0784. The molecule has 1 aliphatic rings. The lowest BCUT2D eigenvalue weighted by Crippen LogP contribution is -2.26. The Morgan fingerprint density at radius 2 is 1.91 bits per heavy atom. The van der Waals surface area contributed by atoms with Gasteiger partial charge >= 0.3 is 0 Å². The number of imidazole rings is 1. The van der Waals surface area contributed by atoms with Gasteiger partial charge in [0.05, 0.1) is 5.69 Å². The molecule has 0 aliphatic carbocycles. The molecule has 3 heterocycles. The smallest absolute Gasteiger partial charge is 0.254 e. The fourth-order valence-corrected chi connectivity index (χ4v) is 3.85. The molecule has 168 valence electrons. The van der Waals surface area contributed by atoms with Crippen molar-refractivity contribution in [3.05, 3.63) is 89.4 Å². The van der Waals surface area contributed by atoms with Crippen LogP contribution in [0.4, 0.5) is 0 Å². The van der Waals surface area contributed by atoms with Crippen molar-refractivity contribution in [1.29, 1.82) is 0 Å². The van der Waals surface area contributed by atoms with Gasteiger partial charge in [0, 0.05) is 31.5 Å². The summed E-state index contributed by atoms with van der Waals surface area (Å²) in [5.74, 6) is 2.00. The predicted molar refractivity (Wildman–Crippen MR) is 124 cm³/mol. The first-order valence-corrected chi connectivity index (χ1v) is 10.9. The van der Waals surface area contributed by atoms with Gasteiger partial charge in [-0.15, -0.1) is 0 Å². The topological polar surface area (TPSA) is 65.3 Å². The van der Waals surface area contributed by atoms with Crippen molar-refractivity contribution < 1.29 is 19.0 Å². The summed E-state index contributed by atoms with van der Waals surface area (Å²) in [6.07, 6.45) is 3.99. The van der Waals surface area contributed by atoms with Crippen molar-refractivity contribution in [3.63, 3.8) is 0 Å². The van der Waals surface area contributed by atoms with E-state index in [1.54, 1.807) is 24.1 Å². The molecule has 0 saturated carbocycles. The van der Waals surface area contributed by atoms with Crippen LogP contribution in [0.15, 0.2) is 67.0 Å². The van der Waals surface area contributed by atoms with E-state index in [1.807, 2.05) is 66.2 Å². The second-order valence-electron chi connectivity index (χ2n) is 8.16. The SMILES string of the molecule is Cc1ccc2nc(COc3cccc(C(=O)N(C)Cc4ccc5c(c4)OCCO5)c3)cn2c1. The molecule has 4 aromatic rings. The van der Waals surface area contributed by atoms with Crippen LogP contribution in [-0.2, 0) is 13.2 Å². The van der Waals surface area contributed by atoms with Crippen LogP contribution in [0, 0.1) is 6.92 Å². The van der Waals surface area contributed by atoms with Gasteiger partial charge in [-0.1, -0.05) is 18.2 Å². The van der Waals surface area contributed by atoms with Gasteiger partial charge < -0.3 is 23.5 Å². The molecule has 0 unspecified atom stereocenters. The number of hydrogen-bond donors (Lipinski definition) is 0. The number of aromatic nitrogens is 2. The number of amides is 1. The number of carbonyl (C=O) groups excluding carboxylic acids is 1. The third-order valence-corrected chi connectivity index (χ3v) is 5.49. The van der Waals surface area contributed by atoms with Gasteiger partial charge in [-0.2, -0.15) is 0 Å². The standard InChI is InChI=1S/C26H25N3O4/c1-18-6-9-25-27-21(16-29(25)14-18)17-33-22-5-3-4-20(13-22)26(30)28(2)15-19-7-8-23-24(12-19)32-11-10-31-23/h3-9,12-14,16H,10-11,15,17H2,1-2H3. The first-order valence-electron chi connectivity index (χ1n) is 10.9. The van der Waals surface area contributed by atoms with Crippen molar-refractivity contribution in [1.82, 2.24) is 14.3 Å². The molecule has 0 saturated heterocycles. The van der Waals surface area contributed by atoms with Crippen LogP contribution >= 0.6 is 0 Å². The van der Waals surface area contributed by atoms with E-state index in [0.717, 1.165) is 28.4 Å². The van der Waals surface area contributed by atoms with Gasteiger partial charge in [0.15, 0.2) is 11.5 Å². The molecule has 0 bridgehead atoms. The monoisotopic (exact) mass is 443 g/mol. The molecule has 2 aromatic heterocycles. The average Bonchev–Trinajstić information content (AvgIpc) is 3.24. The predicted octanol–water partition coefficient (Wildman–Crippen LogP) is 4.27. The second kappa shape index (κ2) is 8.86. The van der Waals surface area contributed by atoms with Crippen molar-refractivity contribution in [2.24, 2.45) is 0 Å². The van der Waals surface area contributed by atoms with Gasteiger partial charge in [0.1, 0.15) is 31.2 Å². The summed E-state index contributed by atoms with van der Waals surface area (Å²) in [6, 6.07) is 17.0. The van der Waals surface area contributed by atoms with E-state index >= 15 is 0 Å². The molecular formula is C26H25N3O4. The van der Waals surface area contributed by atoms with Gasteiger partial charge in [-0.05, 0) is 54.4 Å². The number of hydrogen-bond acceptors (Lipinski definition) is 5. The van der Waals surface area contributed by atoms with E-state index in [0.29, 0.717) is 37.7 Å². The zero-order valence-electron chi connectivity index (χ0n) is 18.7. The molecule has 0 fully saturated rings. The molecule has 7 heteroatoms. The van der Waals surface area contributed by atoms with E-state index in [2.05, 4.69) is 4.98 Å². The highest BCUT2D eigenvalue weighted by Crippen LogP contribution is 2.31. The van der Waals surface area contributed by atoms with Crippen molar-refractivity contribution >= 4 is 11.6 Å². The minimum absolute atomic E-state index is 0.0847. The maximum atomic E-state index is 13.0. The first-order chi connectivity index (χ1) is 16.0. The lowest BCUT2D eigenvalue weighted by atomic mass is 10.1. The largest absolute Gasteiger partial charge is 0.487 e. The Morgan fingerprint density at radius 1 is 1.06 bits per heavy atom. The highest BCUT2D eigenvalue weighted by molar-refractivity contribution is 5.94. The summed E-state index contributed by atoms with van der Waals surface area (Å²) in [4.78, 5) is 19.3. The van der Waals surface area contributed by atoms with Gasteiger partial charge in [-0.25, -0.2) is 4.98 Å². The number of pyridine rings is 1. The molecule has 5 rings (SSSR count). The number of fused-ring (bicyclic) bond motifs is 2. The van der Waals surface area contributed by atoms with Crippen LogP contribution in [0.1, 0.15) is 27.2 Å². The Hall–Kier alpha value is -4.00. The maximum absolute atomic E-state index is 13.0. The molecule has 0 radical (unpaired) electrons. The zero-order valence-corrected chi connectivity index (χ0v) is 18.7. The number of ether oxygens (including phenoxy) is 3. The molecule has 2 aromatic carbocycles. The van der Waals surface area contributed by atoms with Crippen LogP contribution in [-0.4, -0.2) is 40.5 Å². The van der Waals surface area contributed by atoms with E-state index in [-0.39, 0.29) is 5.91 Å². The van der Waals surface area contributed by atoms with Gasteiger partial charge in [0.25, 0.3) is 5.91 Å². The molecule has 0 atom stereocenters. The molecule has 7 nitrogen and oxygen atoms in total. The first kappa shape index (κ1) is 20.9. The summed E-state index contributed by atoms with van der Waals surface area (Å²) in [7, 11) is 1.78. The van der Waals surface area contributed by atoms with Gasteiger partial charge in [-0.3, -0.25) is 4.79 Å². The van der Waals surface area contributed by atoms with Crippen LogP contribution in [0.5, 0.6) is 17.2 Å². The van der Waals surface area contributed by atoms with Crippen molar-refractivity contribution in [3.8, 4) is 17.2 Å². The normalized spacial score (nSPS) is 12.5. The number of nitrogens with zero attached hydrogens (tertiary/aromatic N) is 3. The molecular weight excluding hydrogens is 418 g/mol.